The van der Waals surface area contributed by atoms with Crippen molar-refractivity contribution >= 4 is 12.0 Å². The van der Waals surface area contributed by atoms with E-state index in [9.17, 15) is 14.7 Å². The minimum Gasteiger partial charge on any atom is -0.481 e. The van der Waals surface area contributed by atoms with Gasteiger partial charge >= 0.3 is 12.0 Å². The molecule has 7 heteroatoms. The second-order valence-electron chi connectivity index (χ2n) is 6.34. The molecule has 7 nitrogen and oxygen atoms in total. The van der Waals surface area contributed by atoms with Crippen LogP contribution in [0, 0.1) is 5.92 Å². The largest absolute Gasteiger partial charge is 0.481 e. The third-order valence-electron chi connectivity index (χ3n) is 4.33. The number of aliphatic carboxylic acids is 1. The molecule has 0 aromatic carbocycles. The fourth-order valence-electron chi connectivity index (χ4n) is 3.22. The molecule has 2 aliphatic rings. The molecule has 2 aliphatic heterocycles. The highest BCUT2D eigenvalue weighted by molar-refractivity contribution is 5.76. The van der Waals surface area contributed by atoms with E-state index >= 15 is 0 Å². The Morgan fingerprint density at radius 2 is 1.86 bits per heavy atom. The number of likely N-dealkylation sites (tertiary alicyclic amines) is 2. The van der Waals surface area contributed by atoms with Gasteiger partial charge in [-0.05, 0) is 33.4 Å². The van der Waals surface area contributed by atoms with Gasteiger partial charge in [-0.1, -0.05) is 0 Å². The first-order valence-corrected chi connectivity index (χ1v) is 7.49. The fraction of sp³-hybridized carbons (Fsp3) is 0.857. The first kappa shape index (κ1) is 16.0. The summed E-state index contributed by atoms with van der Waals surface area (Å²) in [6, 6.07) is -0.0399. The number of rotatable bonds is 3. The first-order chi connectivity index (χ1) is 9.88. The Kier molecular flexibility index (Phi) is 5.05. The Hall–Kier alpha value is -1.34. The van der Waals surface area contributed by atoms with Crippen molar-refractivity contribution in [2.45, 2.75) is 31.4 Å². The van der Waals surface area contributed by atoms with Gasteiger partial charge in [-0.25, -0.2) is 4.79 Å². The summed E-state index contributed by atoms with van der Waals surface area (Å²) in [4.78, 5) is 29.0. The molecule has 0 aliphatic carbocycles. The number of β-amino-alcohol motifs (C(OH)–C–C–N with tert-alkyl or cyclic N) is 1. The van der Waals surface area contributed by atoms with E-state index in [0.717, 1.165) is 6.54 Å². The van der Waals surface area contributed by atoms with E-state index in [1.807, 2.05) is 19.0 Å². The molecule has 0 radical (unpaired) electrons. The van der Waals surface area contributed by atoms with Gasteiger partial charge in [-0.3, -0.25) is 4.79 Å². The number of aliphatic hydroxyl groups excluding tert-OH is 1. The highest BCUT2D eigenvalue weighted by Gasteiger charge is 2.38. The van der Waals surface area contributed by atoms with E-state index in [4.69, 9.17) is 5.11 Å². The molecule has 0 aromatic heterocycles. The van der Waals surface area contributed by atoms with Crippen molar-refractivity contribution in [1.82, 2.24) is 14.7 Å². The molecule has 2 N–H and O–H groups in total. The molecule has 2 rings (SSSR count). The monoisotopic (exact) mass is 299 g/mol. The molecule has 2 heterocycles. The standard InChI is InChI=1S/C14H25N3O4/c1-15(2)8-11-7-12(18)9-17(11)14(21)16-5-3-10(4-6-16)13(19)20/h10-12,18H,3-9H2,1-2H3,(H,19,20). The van der Waals surface area contributed by atoms with Gasteiger partial charge in [-0.2, -0.15) is 0 Å². The van der Waals surface area contributed by atoms with Crippen molar-refractivity contribution in [3.8, 4) is 0 Å². The maximum absolute atomic E-state index is 12.6. The Bertz CT molecular complexity index is 394. The van der Waals surface area contributed by atoms with Gasteiger partial charge in [0.2, 0.25) is 0 Å². The normalized spacial score (nSPS) is 27.4. The Labute approximate surface area is 125 Å². The maximum atomic E-state index is 12.6. The number of piperidine rings is 1. The molecular formula is C14H25N3O4. The van der Waals surface area contributed by atoms with Crippen LogP contribution in [0.4, 0.5) is 4.79 Å². The molecule has 2 atom stereocenters. The van der Waals surface area contributed by atoms with Crippen LogP contribution in [-0.4, -0.2) is 89.3 Å². The zero-order chi connectivity index (χ0) is 15.6. The Morgan fingerprint density at radius 3 is 2.38 bits per heavy atom. The maximum Gasteiger partial charge on any atom is 0.320 e. The van der Waals surface area contributed by atoms with Gasteiger partial charge < -0.3 is 24.9 Å². The topological polar surface area (TPSA) is 84.3 Å². The number of hydrogen-bond donors (Lipinski definition) is 2. The summed E-state index contributed by atoms with van der Waals surface area (Å²) < 4.78 is 0. The van der Waals surface area contributed by atoms with E-state index in [1.54, 1.807) is 9.80 Å². The SMILES string of the molecule is CN(C)CC1CC(O)CN1C(=O)N1CCC(C(=O)O)CC1. The van der Waals surface area contributed by atoms with Gasteiger partial charge in [0.1, 0.15) is 0 Å². The Balaban J connectivity index is 1.94. The molecule has 2 unspecified atom stereocenters. The van der Waals surface area contributed by atoms with Gasteiger partial charge in [0.15, 0.2) is 0 Å². The molecule has 0 spiro atoms. The molecular weight excluding hydrogens is 274 g/mol. The van der Waals surface area contributed by atoms with Crippen molar-refractivity contribution in [3.05, 3.63) is 0 Å². The van der Waals surface area contributed by atoms with Gasteiger partial charge in [-0.15, -0.1) is 0 Å². The van der Waals surface area contributed by atoms with Crippen molar-refractivity contribution < 1.29 is 19.8 Å². The number of likely N-dealkylation sites (N-methyl/N-ethyl adjacent to an activating group) is 1. The summed E-state index contributed by atoms with van der Waals surface area (Å²) in [5.74, 6) is -1.11. The van der Waals surface area contributed by atoms with E-state index in [1.165, 1.54) is 0 Å². The van der Waals surface area contributed by atoms with Crippen LogP contribution in [0.5, 0.6) is 0 Å². The average Bonchev–Trinajstić information content (AvgIpc) is 2.78. The number of nitrogens with zero attached hydrogens (tertiary/aromatic N) is 3. The minimum atomic E-state index is -0.774. The van der Waals surface area contributed by atoms with Crippen LogP contribution in [-0.2, 0) is 4.79 Å². The van der Waals surface area contributed by atoms with Crippen LogP contribution in [0.3, 0.4) is 0 Å². The highest BCUT2D eigenvalue weighted by atomic mass is 16.4. The second-order valence-corrected chi connectivity index (χ2v) is 6.34. The number of carboxylic acid groups (broad SMARTS) is 1. The van der Waals surface area contributed by atoms with E-state index in [-0.39, 0.29) is 18.0 Å². The summed E-state index contributed by atoms with van der Waals surface area (Å²) >= 11 is 0. The molecule has 2 fully saturated rings. The lowest BCUT2D eigenvalue weighted by Gasteiger charge is -2.36. The molecule has 0 aromatic rings. The first-order valence-electron chi connectivity index (χ1n) is 7.49. The summed E-state index contributed by atoms with van der Waals surface area (Å²) in [5.41, 5.74) is 0. The predicted molar refractivity (Wildman–Crippen MR) is 77.0 cm³/mol. The zero-order valence-electron chi connectivity index (χ0n) is 12.7. The van der Waals surface area contributed by atoms with Gasteiger partial charge in [0.25, 0.3) is 0 Å². The lowest BCUT2D eigenvalue weighted by Crippen LogP contribution is -2.51. The number of amides is 2. The van der Waals surface area contributed by atoms with E-state index < -0.39 is 12.1 Å². The molecule has 0 saturated carbocycles. The lowest BCUT2D eigenvalue weighted by atomic mass is 9.97. The number of urea groups is 1. The van der Waals surface area contributed by atoms with Crippen molar-refractivity contribution in [2.75, 3.05) is 40.3 Å². The third-order valence-corrected chi connectivity index (χ3v) is 4.33. The van der Waals surface area contributed by atoms with Crippen molar-refractivity contribution in [2.24, 2.45) is 5.92 Å². The molecule has 21 heavy (non-hydrogen) atoms. The van der Waals surface area contributed by atoms with Crippen LogP contribution < -0.4 is 0 Å². The molecule has 120 valence electrons. The van der Waals surface area contributed by atoms with Gasteiger partial charge in [0, 0.05) is 32.2 Å². The lowest BCUT2D eigenvalue weighted by molar-refractivity contribution is -0.143. The summed E-state index contributed by atoms with van der Waals surface area (Å²) in [6.07, 6.45) is 1.16. The quantitative estimate of drug-likeness (QED) is 0.760. The summed E-state index contributed by atoms with van der Waals surface area (Å²) in [7, 11) is 3.90. The predicted octanol–water partition coefficient (Wildman–Crippen LogP) is -0.100. The summed E-state index contributed by atoms with van der Waals surface area (Å²) in [6.45, 7) is 2.07. The van der Waals surface area contributed by atoms with E-state index in [2.05, 4.69) is 0 Å². The van der Waals surface area contributed by atoms with Gasteiger partial charge in [0.05, 0.1) is 12.0 Å². The van der Waals surface area contributed by atoms with Crippen molar-refractivity contribution in [3.63, 3.8) is 0 Å². The summed E-state index contributed by atoms with van der Waals surface area (Å²) in [5, 5.41) is 18.8. The second kappa shape index (κ2) is 6.62. The molecule has 0 bridgehead atoms. The smallest absolute Gasteiger partial charge is 0.320 e. The number of carbonyl (C=O) groups excluding carboxylic acids is 1. The number of aliphatic hydroxyl groups is 1. The molecule has 2 saturated heterocycles. The fourth-order valence-corrected chi connectivity index (χ4v) is 3.22. The van der Waals surface area contributed by atoms with Crippen LogP contribution in [0.25, 0.3) is 0 Å². The van der Waals surface area contributed by atoms with Crippen LogP contribution in [0.15, 0.2) is 0 Å². The number of hydrogen-bond acceptors (Lipinski definition) is 4. The van der Waals surface area contributed by atoms with Crippen molar-refractivity contribution in [1.29, 1.82) is 0 Å². The average molecular weight is 299 g/mol. The number of carboxylic acids is 1. The zero-order valence-corrected chi connectivity index (χ0v) is 12.7. The number of carbonyl (C=O) groups is 2. The molecule has 2 amide bonds. The minimum absolute atomic E-state index is 0.0275. The highest BCUT2D eigenvalue weighted by Crippen LogP contribution is 2.23. The Morgan fingerprint density at radius 1 is 1.24 bits per heavy atom. The van der Waals surface area contributed by atoms with Crippen LogP contribution in [0.1, 0.15) is 19.3 Å². The van der Waals surface area contributed by atoms with E-state index in [0.29, 0.717) is 38.9 Å². The third kappa shape index (κ3) is 3.85. The van der Waals surface area contributed by atoms with Crippen LogP contribution in [0.2, 0.25) is 0 Å². The van der Waals surface area contributed by atoms with Crippen LogP contribution >= 0.6 is 0 Å².